The minimum atomic E-state index is -4.09. The van der Waals surface area contributed by atoms with Gasteiger partial charge in [-0.2, -0.15) is 13.2 Å². The molecule has 20 heavy (non-hydrogen) atoms. The number of alkyl halides is 3. The van der Waals surface area contributed by atoms with Crippen molar-refractivity contribution in [2.75, 3.05) is 19.6 Å². The molecule has 0 bridgehead atoms. The van der Waals surface area contributed by atoms with Crippen LogP contribution in [-0.2, 0) is 0 Å². The number of rotatable bonds is 3. The minimum absolute atomic E-state index is 0.0725. The van der Waals surface area contributed by atoms with Gasteiger partial charge in [0.2, 0.25) is 0 Å². The topological polar surface area (TPSA) is 29.3 Å². The Labute approximate surface area is 117 Å². The number of hydrogen-bond acceptors (Lipinski definition) is 2. The molecule has 1 aromatic rings. The lowest BCUT2D eigenvalue weighted by Gasteiger charge is -2.35. The zero-order valence-electron chi connectivity index (χ0n) is 11.7. The van der Waals surface area contributed by atoms with Crippen LogP contribution in [0, 0.1) is 12.8 Å². The number of likely N-dealkylation sites (tertiary alicyclic amines) is 1. The van der Waals surface area contributed by atoms with Crippen LogP contribution in [0.5, 0.6) is 0 Å². The van der Waals surface area contributed by atoms with E-state index >= 15 is 0 Å². The third-order valence-corrected chi connectivity index (χ3v) is 3.93. The van der Waals surface area contributed by atoms with Gasteiger partial charge < -0.3 is 10.6 Å². The van der Waals surface area contributed by atoms with Crippen LogP contribution in [0.3, 0.4) is 0 Å². The highest BCUT2D eigenvalue weighted by molar-refractivity contribution is 5.24. The Balaban J connectivity index is 1.94. The Morgan fingerprint density at radius 2 is 1.95 bits per heavy atom. The second-order valence-corrected chi connectivity index (χ2v) is 5.66. The van der Waals surface area contributed by atoms with E-state index in [0.29, 0.717) is 19.5 Å². The molecule has 0 spiro atoms. The first-order valence-electron chi connectivity index (χ1n) is 6.97. The van der Waals surface area contributed by atoms with Crippen molar-refractivity contribution in [1.82, 2.24) is 4.90 Å². The standard InChI is InChI=1S/C15H21F3N2/c1-11-4-6-12(7-5-11)14(19)10-20-8-2-3-13(9-20)15(16,17)18/h4-7,13-14H,2-3,8-10,19H2,1H3. The Hall–Kier alpha value is -1.07. The molecule has 2 unspecified atom stereocenters. The monoisotopic (exact) mass is 286 g/mol. The number of aryl methyl sites for hydroxylation is 1. The van der Waals surface area contributed by atoms with E-state index in [4.69, 9.17) is 5.73 Å². The van der Waals surface area contributed by atoms with E-state index in [1.165, 1.54) is 0 Å². The molecule has 1 aliphatic heterocycles. The van der Waals surface area contributed by atoms with Crippen molar-refractivity contribution < 1.29 is 13.2 Å². The SMILES string of the molecule is Cc1ccc(C(N)CN2CCCC(C(F)(F)F)C2)cc1. The van der Waals surface area contributed by atoms with Crippen LogP contribution in [0.4, 0.5) is 13.2 Å². The maximum absolute atomic E-state index is 12.8. The van der Waals surface area contributed by atoms with E-state index in [0.717, 1.165) is 11.1 Å². The van der Waals surface area contributed by atoms with Crippen molar-refractivity contribution in [1.29, 1.82) is 0 Å². The third-order valence-electron chi connectivity index (χ3n) is 3.93. The molecule has 1 fully saturated rings. The van der Waals surface area contributed by atoms with E-state index in [-0.39, 0.29) is 19.0 Å². The van der Waals surface area contributed by atoms with Gasteiger partial charge in [0.15, 0.2) is 0 Å². The van der Waals surface area contributed by atoms with Crippen molar-refractivity contribution in [2.24, 2.45) is 11.7 Å². The molecule has 1 heterocycles. The summed E-state index contributed by atoms with van der Waals surface area (Å²) < 4.78 is 38.3. The zero-order valence-corrected chi connectivity index (χ0v) is 11.7. The second kappa shape index (κ2) is 6.14. The summed E-state index contributed by atoms with van der Waals surface area (Å²) in [4.78, 5) is 1.84. The fraction of sp³-hybridized carbons (Fsp3) is 0.600. The molecule has 2 nitrogen and oxygen atoms in total. The lowest BCUT2D eigenvalue weighted by atomic mass is 9.96. The average molecular weight is 286 g/mol. The Kier molecular flexibility index (Phi) is 4.70. The molecule has 0 aromatic heterocycles. The van der Waals surface area contributed by atoms with Crippen LogP contribution in [0.25, 0.3) is 0 Å². The summed E-state index contributed by atoms with van der Waals surface area (Å²) in [5.41, 5.74) is 8.23. The van der Waals surface area contributed by atoms with Gasteiger partial charge in [0.1, 0.15) is 0 Å². The van der Waals surface area contributed by atoms with Crippen LogP contribution in [-0.4, -0.2) is 30.7 Å². The maximum Gasteiger partial charge on any atom is 0.393 e. The van der Waals surface area contributed by atoms with E-state index < -0.39 is 12.1 Å². The van der Waals surface area contributed by atoms with Gasteiger partial charge in [0.05, 0.1) is 5.92 Å². The Morgan fingerprint density at radius 3 is 2.55 bits per heavy atom. The first-order valence-corrected chi connectivity index (χ1v) is 6.97. The van der Waals surface area contributed by atoms with Crippen LogP contribution in [0.2, 0.25) is 0 Å². The summed E-state index contributed by atoms with van der Waals surface area (Å²) in [5.74, 6) is -1.21. The molecule has 1 aliphatic rings. The predicted molar refractivity (Wildman–Crippen MR) is 73.3 cm³/mol. The first-order chi connectivity index (χ1) is 9.36. The summed E-state index contributed by atoms with van der Waals surface area (Å²) in [7, 11) is 0. The molecule has 0 radical (unpaired) electrons. The van der Waals surface area contributed by atoms with Gasteiger partial charge in [-0.25, -0.2) is 0 Å². The highest BCUT2D eigenvalue weighted by Gasteiger charge is 2.41. The number of piperidine rings is 1. The number of nitrogens with zero attached hydrogens (tertiary/aromatic N) is 1. The number of benzene rings is 1. The highest BCUT2D eigenvalue weighted by Crippen LogP contribution is 2.33. The van der Waals surface area contributed by atoms with Crippen molar-refractivity contribution in [3.05, 3.63) is 35.4 Å². The molecule has 0 aliphatic carbocycles. The fourth-order valence-electron chi connectivity index (χ4n) is 2.69. The fourth-order valence-corrected chi connectivity index (χ4v) is 2.69. The molecule has 112 valence electrons. The van der Waals surface area contributed by atoms with Gasteiger partial charge in [0.25, 0.3) is 0 Å². The van der Waals surface area contributed by atoms with Gasteiger partial charge in [-0.3, -0.25) is 0 Å². The largest absolute Gasteiger partial charge is 0.393 e. The lowest BCUT2D eigenvalue weighted by molar-refractivity contribution is -0.186. The summed E-state index contributed by atoms with van der Waals surface area (Å²) >= 11 is 0. The smallest absolute Gasteiger partial charge is 0.323 e. The van der Waals surface area contributed by atoms with Crippen LogP contribution in [0.1, 0.15) is 30.0 Å². The van der Waals surface area contributed by atoms with E-state index in [1.54, 1.807) is 0 Å². The number of nitrogens with two attached hydrogens (primary N) is 1. The van der Waals surface area contributed by atoms with Gasteiger partial charge in [-0.15, -0.1) is 0 Å². The maximum atomic E-state index is 12.8. The summed E-state index contributed by atoms with van der Waals surface area (Å²) in [6.45, 7) is 3.25. The molecule has 0 amide bonds. The van der Waals surface area contributed by atoms with E-state index in [9.17, 15) is 13.2 Å². The first kappa shape index (κ1) is 15.3. The van der Waals surface area contributed by atoms with E-state index in [2.05, 4.69) is 0 Å². The van der Waals surface area contributed by atoms with Gasteiger partial charge in [-0.1, -0.05) is 29.8 Å². The van der Waals surface area contributed by atoms with Crippen LogP contribution >= 0.6 is 0 Å². The lowest BCUT2D eigenvalue weighted by Crippen LogP contribution is -2.44. The van der Waals surface area contributed by atoms with E-state index in [1.807, 2.05) is 36.1 Å². The normalized spacial score (nSPS) is 22.8. The molecule has 2 rings (SSSR count). The van der Waals surface area contributed by atoms with Crippen molar-refractivity contribution >= 4 is 0 Å². The van der Waals surface area contributed by atoms with Crippen LogP contribution < -0.4 is 5.73 Å². The predicted octanol–water partition coefficient (Wildman–Crippen LogP) is 3.27. The summed E-state index contributed by atoms with van der Waals surface area (Å²) in [5, 5.41) is 0. The third kappa shape index (κ3) is 3.96. The number of halogens is 3. The second-order valence-electron chi connectivity index (χ2n) is 5.66. The van der Waals surface area contributed by atoms with Gasteiger partial charge in [0, 0.05) is 19.1 Å². The molecule has 2 N–H and O–H groups in total. The van der Waals surface area contributed by atoms with Crippen molar-refractivity contribution in [2.45, 2.75) is 32.0 Å². The average Bonchev–Trinajstić information content (AvgIpc) is 2.38. The van der Waals surface area contributed by atoms with Crippen molar-refractivity contribution in [3.63, 3.8) is 0 Å². The molecular formula is C15H21F3N2. The summed E-state index contributed by atoms with van der Waals surface area (Å²) in [6, 6.07) is 7.62. The number of hydrogen-bond donors (Lipinski definition) is 1. The van der Waals surface area contributed by atoms with Crippen LogP contribution in [0.15, 0.2) is 24.3 Å². The molecule has 0 saturated carbocycles. The van der Waals surface area contributed by atoms with Gasteiger partial charge in [-0.05, 0) is 31.9 Å². The van der Waals surface area contributed by atoms with Crippen molar-refractivity contribution in [3.8, 4) is 0 Å². The summed E-state index contributed by atoms with van der Waals surface area (Å²) in [6.07, 6.45) is -3.27. The minimum Gasteiger partial charge on any atom is -0.323 e. The highest BCUT2D eigenvalue weighted by atomic mass is 19.4. The Morgan fingerprint density at radius 1 is 1.30 bits per heavy atom. The molecular weight excluding hydrogens is 265 g/mol. The van der Waals surface area contributed by atoms with Gasteiger partial charge >= 0.3 is 6.18 Å². The zero-order chi connectivity index (χ0) is 14.8. The Bertz CT molecular complexity index is 428. The molecule has 2 atom stereocenters. The molecule has 5 heteroatoms. The molecule has 1 saturated heterocycles. The molecule has 1 aromatic carbocycles. The quantitative estimate of drug-likeness (QED) is 0.924.